The number of rotatable bonds is 41. The molecular formula is C52H94O15. The first-order chi connectivity index (χ1) is 32.5. The first-order valence-electron chi connectivity index (χ1n) is 26.4. The van der Waals surface area contributed by atoms with Crippen molar-refractivity contribution in [3.8, 4) is 0 Å². The number of ether oxygens (including phenoxy) is 6. The lowest BCUT2D eigenvalue weighted by Gasteiger charge is -2.42. The van der Waals surface area contributed by atoms with Gasteiger partial charge in [0, 0.05) is 12.8 Å². The molecular weight excluding hydrogens is 865 g/mol. The number of hydrogen-bond donors (Lipinski definition) is 7. The number of carbonyl (C=O) groups is 2. The number of carbonyl (C=O) groups excluding carboxylic acids is 2. The molecule has 392 valence electrons. The van der Waals surface area contributed by atoms with Crippen LogP contribution in [0.25, 0.3) is 0 Å². The summed E-state index contributed by atoms with van der Waals surface area (Å²) in [7, 11) is 0. The number of aliphatic hydroxyl groups excluding tert-OH is 7. The van der Waals surface area contributed by atoms with Crippen LogP contribution in [0, 0.1) is 0 Å². The normalized spacial score (nSPS) is 26.1. The third kappa shape index (κ3) is 27.8. The molecule has 2 rings (SSSR count). The second kappa shape index (κ2) is 39.7. The fourth-order valence-corrected chi connectivity index (χ4v) is 8.29. The summed E-state index contributed by atoms with van der Waals surface area (Å²) < 4.78 is 33.6. The van der Waals surface area contributed by atoms with Crippen molar-refractivity contribution in [1.82, 2.24) is 0 Å². The summed E-state index contributed by atoms with van der Waals surface area (Å²) in [5.74, 6) is -0.933. The average Bonchev–Trinajstić information content (AvgIpc) is 3.32. The largest absolute Gasteiger partial charge is 0.462 e. The highest BCUT2D eigenvalue weighted by molar-refractivity contribution is 5.70. The lowest BCUT2D eigenvalue weighted by molar-refractivity contribution is -0.332. The van der Waals surface area contributed by atoms with E-state index in [4.69, 9.17) is 28.4 Å². The third-order valence-electron chi connectivity index (χ3n) is 12.7. The van der Waals surface area contributed by atoms with Gasteiger partial charge in [-0.25, -0.2) is 0 Å². The lowest BCUT2D eigenvalue weighted by Crippen LogP contribution is -2.61. The van der Waals surface area contributed by atoms with Crippen LogP contribution in [-0.4, -0.2) is 142 Å². The fraction of sp³-hybridized carbons (Fsp3) is 0.885. The van der Waals surface area contributed by atoms with Crippen LogP contribution in [0.3, 0.4) is 0 Å². The Morgan fingerprint density at radius 2 is 0.910 bits per heavy atom. The van der Waals surface area contributed by atoms with Crippen molar-refractivity contribution in [3.63, 3.8) is 0 Å². The van der Waals surface area contributed by atoms with Crippen molar-refractivity contribution in [2.24, 2.45) is 0 Å². The second-order valence-corrected chi connectivity index (χ2v) is 18.7. The lowest BCUT2D eigenvalue weighted by atomic mass is 9.98. The van der Waals surface area contributed by atoms with Crippen molar-refractivity contribution in [2.75, 3.05) is 26.4 Å². The van der Waals surface area contributed by atoms with Gasteiger partial charge >= 0.3 is 11.9 Å². The summed E-state index contributed by atoms with van der Waals surface area (Å²) in [6.45, 7) is 2.55. The Morgan fingerprint density at radius 1 is 0.478 bits per heavy atom. The van der Waals surface area contributed by atoms with E-state index in [-0.39, 0.29) is 26.1 Å². The summed E-state index contributed by atoms with van der Waals surface area (Å²) in [5, 5.41) is 72.1. The second-order valence-electron chi connectivity index (χ2n) is 18.7. The molecule has 7 N–H and O–H groups in total. The molecule has 0 aromatic rings. The van der Waals surface area contributed by atoms with Gasteiger partial charge in [-0.05, 0) is 38.5 Å². The number of aliphatic hydroxyl groups is 7. The van der Waals surface area contributed by atoms with Crippen LogP contribution in [0.5, 0.6) is 0 Å². The van der Waals surface area contributed by atoms with Crippen molar-refractivity contribution >= 4 is 11.9 Å². The van der Waals surface area contributed by atoms with E-state index in [1.54, 1.807) is 0 Å². The van der Waals surface area contributed by atoms with Crippen LogP contribution in [0.2, 0.25) is 0 Å². The van der Waals surface area contributed by atoms with Gasteiger partial charge in [0.15, 0.2) is 18.7 Å². The van der Waals surface area contributed by atoms with Gasteiger partial charge in [-0.3, -0.25) is 9.59 Å². The molecule has 11 unspecified atom stereocenters. The van der Waals surface area contributed by atoms with Gasteiger partial charge in [0.1, 0.15) is 55.4 Å². The Morgan fingerprint density at radius 3 is 1.43 bits per heavy atom. The highest BCUT2D eigenvalue weighted by Crippen LogP contribution is 2.26. The van der Waals surface area contributed by atoms with Crippen LogP contribution in [0.4, 0.5) is 0 Å². The van der Waals surface area contributed by atoms with E-state index in [0.717, 1.165) is 64.2 Å². The molecule has 0 saturated carbocycles. The number of unbranched alkanes of at least 4 members (excludes halogenated alkanes) is 23. The minimum Gasteiger partial charge on any atom is -0.462 e. The van der Waals surface area contributed by atoms with E-state index in [2.05, 4.69) is 38.2 Å². The molecule has 2 aliphatic rings. The Labute approximate surface area is 403 Å². The fourth-order valence-electron chi connectivity index (χ4n) is 8.29. The molecule has 11 atom stereocenters. The van der Waals surface area contributed by atoms with Gasteiger partial charge in [-0.2, -0.15) is 0 Å². The van der Waals surface area contributed by atoms with Crippen LogP contribution in [-0.2, 0) is 38.0 Å². The summed E-state index contributed by atoms with van der Waals surface area (Å²) in [6, 6.07) is 0. The van der Waals surface area contributed by atoms with Crippen LogP contribution < -0.4 is 0 Å². The molecule has 0 spiro atoms. The standard InChI is InChI=1S/C52H94O15/c1-3-5-7-9-11-13-15-17-19-20-21-23-24-26-28-30-32-34-43(54)62-37-40(65-44(55)35-33-31-29-27-25-22-18-16-14-12-10-8-6-4-2)38-63-51-50(61)48(59)46(57)42(67-51)39-64-52-49(60)47(58)45(56)41(36-53)66-52/h10,12,16,18,40-42,45-53,56-61H,3-9,11,13-15,17,19-39H2,1-2H3/b12-10-,18-16-. The molecule has 15 heteroatoms. The minimum atomic E-state index is -1.76. The molecule has 0 bridgehead atoms. The number of allylic oxidation sites excluding steroid dienone is 4. The maximum Gasteiger partial charge on any atom is 0.306 e. The predicted octanol–water partition coefficient (Wildman–Crippen LogP) is 7.55. The van der Waals surface area contributed by atoms with Gasteiger partial charge in [0.2, 0.25) is 0 Å². The quantitative estimate of drug-likeness (QED) is 0.0178. The molecule has 15 nitrogen and oxygen atoms in total. The Kier molecular flexibility index (Phi) is 36.2. The number of esters is 2. The van der Waals surface area contributed by atoms with Crippen molar-refractivity contribution in [2.45, 2.75) is 268 Å². The molecule has 2 aliphatic heterocycles. The smallest absolute Gasteiger partial charge is 0.306 e. The van der Waals surface area contributed by atoms with Crippen molar-refractivity contribution in [1.29, 1.82) is 0 Å². The molecule has 0 aliphatic carbocycles. The number of hydrogen-bond acceptors (Lipinski definition) is 15. The zero-order valence-corrected chi connectivity index (χ0v) is 41.4. The first kappa shape index (κ1) is 61.1. The highest BCUT2D eigenvalue weighted by atomic mass is 16.7. The summed E-state index contributed by atoms with van der Waals surface area (Å²) in [6.07, 6.45) is 23.5. The van der Waals surface area contributed by atoms with Crippen LogP contribution in [0.15, 0.2) is 24.3 Å². The Hall–Kier alpha value is -2.02. The maximum atomic E-state index is 13.0. The third-order valence-corrected chi connectivity index (χ3v) is 12.7. The Balaban J connectivity index is 1.79. The molecule has 67 heavy (non-hydrogen) atoms. The zero-order chi connectivity index (χ0) is 48.9. The van der Waals surface area contributed by atoms with Gasteiger partial charge in [-0.15, -0.1) is 0 Å². The van der Waals surface area contributed by atoms with E-state index in [1.165, 1.54) is 96.3 Å². The molecule has 0 aromatic heterocycles. The van der Waals surface area contributed by atoms with Crippen molar-refractivity contribution in [3.05, 3.63) is 24.3 Å². The van der Waals surface area contributed by atoms with Gasteiger partial charge < -0.3 is 64.2 Å². The molecule has 0 amide bonds. The van der Waals surface area contributed by atoms with Gasteiger partial charge in [0.05, 0.1) is 19.8 Å². The molecule has 0 radical (unpaired) electrons. The Bertz CT molecular complexity index is 1270. The van der Waals surface area contributed by atoms with Crippen LogP contribution >= 0.6 is 0 Å². The summed E-state index contributed by atoms with van der Waals surface area (Å²) in [5.41, 5.74) is 0. The highest BCUT2D eigenvalue weighted by Gasteiger charge is 2.47. The van der Waals surface area contributed by atoms with E-state index in [9.17, 15) is 45.3 Å². The first-order valence-corrected chi connectivity index (χ1v) is 26.4. The van der Waals surface area contributed by atoms with E-state index in [0.29, 0.717) is 12.8 Å². The topological polar surface area (TPSA) is 231 Å². The van der Waals surface area contributed by atoms with Gasteiger partial charge in [-0.1, -0.05) is 173 Å². The molecule has 2 saturated heterocycles. The summed E-state index contributed by atoms with van der Waals surface area (Å²) in [4.78, 5) is 25.8. The zero-order valence-electron chi connectivity index (χ0n) is 41.4. The van der Waals surface area contributed by atoms with Crippen molar-refractivity contribution < 1.29 is 73.8 Å². The van der Waals surface area contributed by atoms with E-state index in [1.807, 2.05) is 0 Å². The minimum absolute atomic E-state index is 0.152. The molecule has 2 fully saturated rings. The average molecular weight is 959 g/mol. The SMILES string of the molecule is CCCC/C=C\C/C=C\CCCCCCCC(=O)OC(COC(=O)CCCCCCCCCCCCCCCCCCC)COC1OC(COC2OC(CO)C(O)C(O)C2O)C(O)C(O)C1O. The maximum absolute atomic E-state index is 13.0. The van der Waals surface area contributed by atoms with Gasteiger partial charge in [0.25, 0.3) is 0 Å². The van der Waals surface area contributed by atoms with Crippen LogP contribution in [0.1, 0.15) is 200 Å². The molecule has 0 aromatic carbocycles. The monoisotopic (exact) mass is 959 g/mol. The van der Waals surface area contributed by atoms with E-state index >= 15 is 0 Å². The van der Waals surface area contributed by atoms with E-state index < -0.39 is 92.7 Å². The predicted molar refractivity (Wildman–Crippen MR) is 257 cm³/mol. The molecule has 2 heterocycles. The summed E-state index contributed by atoms with van der Waals surface area (Å²) >= 11 is 0.